The predicted molar refractivity (Wildman–Crippen MR) is 65.5 cm³/mol. The van der Waals surface area contributed by atoms with Crippen molar-refractivity contribution in [2.45, 2.75) is 19.0 Å². The summed E-state index contributed by atoms with van der Waals surface area (Å²) in [6.45, 7) is -1.42. The van der Waals surface area contributed by atoms with Crippen LogP contribution in [0.15, 0.2) is 5.38 Å². The Morgan fingerprint density at radius 1 is 1.45 bits per heavy atom. The van der Waals surface area contributed by atoms with E-state index >= 15 is 0 Å². The SMILES string of the molecule is COC(=O)CCc1csc(NC(=O)NCC(F)(F)F)n1. The zero-order valence-corrected chi connectivity index (χ0v) is 11.2. The number of esters is 1. The summed E-state index contributed by atoms with van der Waals surface area (Å²) in [6.07, 6.45) is -4.00. The summed E-state index contributed by atoms with van der Waals surface area (Å²) in [5.74, 6) is -0.393. The molecule has 0 aromatic carbocycles. The van der Waals surface area contributed by atoms with E-state index in [2.05, 4.69) is 15.0 Å². The van der Waals surface area contributed by atoms with E-state index in [0.29, 0.717) is 12.1 Å². The zero-order valence-electron chi connectivity index (χ0n) is 10.4. The van der Waals surface area contributed by atoms with Crippen LogP contribution in [-0.2, 0) is 16.0 Å². The molecule has 0 atom stereocenters. The number of alkyl halides is 3. The Hall–Kier alpha value is -1.84. The van der Waals surface area contributed by atoms with E-state index in [-0.39, 0.29) is 11.6 Å². The molecule has 0 spiro atoms. The van der Waals surface area contributed by atoms with Crippen LogP contribution in [0.4, 0.5) is 23.1 Å². The van der Waals surface area contributed by atoms with Crippen LogP contribution in [-0.4, -0.2) is 36.8 Å². The van der Waals surface area contributed by atoms with Crippen molar-refractivity contribution in [2.24, 2.45) is 0 Å². The fourth-order valence-corrected chi connectivity index (χ4v) is 1.87. The van der Waals surface area contributed by atoms with Gasteiger partial charge in [-0.15, -0.1) is 11.3 Å². The molecule has 0 saturated carbocycles. The largest absolute Gasteiger partial charge is 0.469 e. The molecule has 0 saturated heterocycles. The van der Waals surface area contributed by atoms with Crippen LogP contribution >= 0.6 is 11.3 Å². The first kappa shape index (κ1) is 16.2. The minimum Gasteiger partial charge on any atom is -0.469 e. The van der Waals surface area contributed by atoms with Gasteiger partial charge in [0.1, 0.15) is 6.54 Å². The van der Waals surface area contributed by atoms with E-state index in [4.69, 9.17) is 0 Å². The van der Waals surface area contributed by atoms with Gasteiger partial charge in [0.25, 0.3) is 0 Å². The maximum Gasteiger partial charge on any atom is 0.405 e. The summed E-state index contributed by atoms with van der Waals surface area (Å²) >= 11 is 1.05. The molecule has 0 unspecified atom stereocenters. The lowest BCUT2D eigenvalue weighted by Crippen LogP contribution is -2.36. The van der Waals surface area contributed by atoms with Crippen LogP contribution in [0.5, 0.6) is 0 Å². The molecule has 0 aliphatic carbocycles. The number of nitrogens with zero attached hydrogens (tertiary/aromatic N) is 1. The number of ether oxygens (including phenoxy) is 1. The Morgan fingerprint density at radius 3 is 2.75 bits per heavy atom. The second kappa shape index (κ2) is 7.08. The Bertz CT molecular complexity index is 476. The molecule has 0 aliphatic rings. The number of anilines is 1. The number of nitrogens with one attached hydrogen (secondary N) is 2. The Balaban J connectivity index is 2.39. The number of aryl methyl sites for hydroxylation is 1. The topological polar surface area (TPSA) is 80.3 Å². The second-order valence-corrected chi connectivity index (χ2v) is 4.50. The molecule has 1 aromatic rings. The van der Waals surface area contributed by atoms with Gasteiger partial charge in [0.05, 0.1) is 19.2 Å². The van der Waals surface area contributed by atoms with Crippen molar-refractivity contribution < 1.29 is 27.5 Å². The molecule has 0 fully saturated rings. The molecule has 1 rings (SSSR count). The van der Waals surface area contributed by atoms with E-state index in [1.54, 1.807) is 10.7 Å². The maximum absolute atomic E-state index is 11.9. The molecule has 0 bridgehead atoms. The lowest BCUT2D eigenvalue weighted by molar-refractivity contribution is -0.140. The van der Waals surface area contributed by atoms with Gasteiger partial charge in [-0.3, -0.25) is 10.1 Å². The first-order valence-electron chi connectivity index (χ1n) is 5.43. The van der Waals surface area contributed by atoms with Crippen LogP contribution in [0.25, 0.3) is 0 Å². The van der Waals surface area contributed by atoms with E-state index in [0.717, 1.165) is 11.3 Å². The number of urea groups is 1. The van der Waals surface area contributed by atoms with Crippen molar-refractivity contribution in [3.8, 4) is 0 Å². The van der Waals surface area contributed by atoms with Gasteiger partial charge in [-0.05, 0) is 0 Å². The fraction of sp³-hybridized carbons (Fsp3) is 0.500. The maximum atomic E-state index is 11.9. The van der Waals surface area contributed by atoms with Crippen LogP contribution in [0.2, 0.25) is 0 Å². The smallest absolute Gasteiger partial charge is 0.405 e. The summed E-state index contributed by atoms with van der Waals surface area (Å²) in [6, 6.07) is -0.990. The minimum atomic E-state index is -4.47. The highest BCUT2D eigenvalue weighted by molar-refractivity contribution is 7.13. The molecule has 2 amide bonds. The third-order valence-corrected chi connectivity index (χ3v) is 2.84. The first-order chi connectivity index (χ1) is 9.30. The normalized spacial score (nSPS) is 11.0. The number of hydrogen-bond acceptors (Lipinski definition) is 5. The summed E-state index contributed by atoms with van der Waals surface area (Å²) in [4.78, 5) is 26.0. The molecular weight excluding hydrogens is 299 g/mol. The van der Waals surface area contributed by atoms with Gasteiger partial charge >= 0.3 is 18.2 Å². The number of aromatic nitrogens is 1. The average Bonchev–Trinajstić information content (AvgIpc) is 2.80. The average molecular weight is 311 g/mol. The zero-order chi connectivity index (χ0) is 15.2. The number of hydrogen-bond donors (Lipinski definition) is 2. The quantitative estimate of drug-likeness (QED) is 0.814. The van der Waals surface area contributed by atoms with Crippen molar-refractivity contribution in [1.82, 2.24) is 10.3 Å². The molecule has 20 heavy (non-hydrogen) atoms. The Kier molecular flexibility index (Phi) is 5.74. The highest BCUT2D eigenvalue weighted by Crippen LogP contribution is 2.17. The fourth-order valence-electron chi connectivity index (χ4n) is 1.13. The van der Waals surface area contributed by atoms with Gasteiger partial charge in [0.15, 0.2) is 5.13 Å². The molecule has 0 aliphatic heterocycles. The van der Waals surface area contributed by atoms with Gasteiger partial charge < -0.3 is 10.1 Å². The van der Waals surface area contributed by atoms with Gasteiger partial charge in [-0.25, -0.2) is 9.78 Å². The van der Waals surface area contributed by atoms with Crippen molar-refractivity contribution >= 4 is 28.5 Å². The van der Waals surface area contributed by atoms with E-state index in [9.17, 15) is 22.8 Å². The van der Waals surface area contributed by atoms with Crippen LogP contribution in [0, 0.1) is 0 Å². The third kappa shape index (κ3) is 6.36. The van der Waals surface area contributed by atoms with E-state index < -0.39 is 24.7 Å². The van der Waals surface area contributed by atoms with Crippen LogP contribution < -0.4 is 10.6 Å². The predicted octanol–water partition coefficient (Wildman–Crippen LogP) is 1.93. The lowest BCUT2D eigenvalue weighted by Gasteiger charge is -2.07. The minimum absolute atomic E-state index is 0.139. The highest BCUT2D eigenvalue weighted by atomic mass is 32.1. The van der Waals surface area contributed by atoms with Crippen molar-refractivity contribution in [3.63, 3.8) is 0 Å². The Labute approximate surface area is 116 Å². The Morgan fingerprint density at radius 2 is 2.15 bits per heavy atom. The van der Waals surface area contributed by atoms with Gasteiger partial charge in [-0.1, -0.05) is 0 Å². The molecule has 2 N–H and O–H groups in total. The molecular formula is C10H12F3N3O3S. The number of thiazole rings is 1. The van der Waals surface area contributed by atoms with Crippen LogP contribution in [0.1, 0.15) is 12.1 Å². The molecule has 6 nitrogen and oxygen atoms in total. The molecule has 112 valence electrons. The number of methoxy groups -OCH3 is 1. The molecule has 1 heterocycles. The first-order valence-corrected chi connectivity index (χ1v) is 6.31. The van der Waals surface area contributed by atoms with Gasteiger partial charge in [0, 0.05) is 11.8 Å². The van der Waals surface area contributed by atoms with E-state index in [1.807, 2.05) is 0 Å². The number of carbonyl (C=O) groups is 2. The number of halogens is 3. The van der Waals surface area contributed by atoms with E-state index in [1.165, 1.54) is 7.11 Å². The standard InChI is InChI=1S/C10H12F3N3O3S/c1-19-7(17)3-2-6-4-20-9(15-6)16-8(18)14-5-10(11,12)13/h4H,2-3,5H2,1H3,(H2,14,15,16,18). The second-order valence-electron chi connectivity index (χ2n) is 3.64. The molecule has 10 heteroatoms. The lowest BCUT2D eigenvalue weighted by atomic mass is 10.2. The van der Waals surface area contributed by atoms with Gasteiger partial charge in [0.2, 0.25) is 0 Å². The number of carbonyl (C=O) groups excluding carboxylic acids is 2. The van der Waals surface area contributed by atoms with Crippen molar-refractivity contribution in [3.05, 3.63) is 11.1 Å². The summed E-state index contributed by atoms with van der Waals surface area (Å²) in [5, 5.41) is 5.59. The van der Waals surface area contributed by atoms with Crippen molar-refractivity contribution in [2.75, 3.05) is 19.0 Å². The summed E-state index contributed by atoms with van der Waals surface area (Å²) in [7, 11) is 1.27. The van der Waals surface area contributed by atoms with Crippen molar-refractivity contribution in [1.29, 1.82) is 0 Å². The van der Waals surface area contributed by atoms with Crippen LogP contribution in [0.3, 0.4) is 0 Å². The highest BCUT2D eigenvalue weighted by Gasteiger charge is 2.27. The van der Waals surface area contributed by atoms with Gasteiger partial charge in [-0.2, -0.15) is 13.2 Å². The number of amides is 2. The number of rotatable bonds is 5. The summed E-state index contributed by atoms with van der Waals surface area (Å²) in [5.41, 5.74) is 0.548. The molecule has 0 radical (unpaired) electrons. The molecule has 1 aromatic heterocycles. The third-order valence-electron chi connectivity index (χ3n) is 2.03. The summed E-state index contributed by atoms with van der Waals surface area (Å²) < 4.78 is 40.1. The monoisotopic (exact) mass is 311 g/mol.